The van der Waals surface area contributed by atoms with Crippen molar-refractivity contribution in [3.05, 3.63) is 55.1 Å². The molecule has 5 heteroatoms. The predicted octanol–water partition coefficient (Wildman–Crippen LogP) is 4.29. The van der Waals surface area contributed by atoms with Gasteiger partial charge in [-0.25, -0.2) is 9.97 Å². The highest BCUT2D eigenvalue weighted by atomic mass is 127. The van der Waals surface area contributed by atoms with E-state index in [0.717, 1.165) is 0 Å². The predicted molar refractivity (Wildman–Crippen MR) is 78.8 cm³/mol. The molecule has 0 spiro atoms. The van der Waals surface area contributed by atoms with Gasteiger partial charge in [-0.2, -0.15) is 0 Å². The molecule has 0 fully saturated rings. The summed E-state index contributed by atoms with van der Waals surface area (Å²) in [7, 11) is 0. The van der Waals surface area contributed by atoms with E-state index in [1.807, 2.05) is 34.7 Å². The maximum absolute atomic E-state index is 5.98. The molecule has 2 aromatic rings. The van der Waals surface area contributed by atoms with Gasteiger partial charge < -0.3 is 0 Å². The molecule has 1 aromatic carbocycles. The van der Waals surface area contributed by atoms with Crippen LogP contribution in [0.25, 0.3) is 0 Å². The average Bonchev–Trinajstić information content (AvgIpc) is 2.29. The first kappa shape index (κ1) is 13.1. The number of aromatic nitrogens is 2. The molecule has 0 saturated carbocycles. The van der Waals surface area contributed by atoms with Crippen molar-refractivity contribution in [1.82, 2.24) is 9.97 Å². The number of hydrogen-bond acceptors (Lipinski definition) is 2. The first-order valence-electron chi connectivity index (χ1n) is 5.00. The molecular formula is C12H9Cl2IN2. The number of rotatable bonds is 2. The minimum Gasteiger partial charge on any atom is -0.220 e. The minimum absolute atomic E-state index is 0.411. The van der Waals surface area contributed by atoms with Gasteiger partial charge >= 0.3 is 0 Å². The molecule has 88 valence electrons. The Hall–Kier alpha value is -0.390. The van der Waals surface area contributed by atoms with Crippen molar-refractivity contribution in [2.75, 3.05) is 0 Å². The van der Waals surface area contributed by atoms with Crippen LogP contribution in [0, 0.1) is 10.5 Å². The average molecular weight is 379 g/mol. The molecule has 2 rings (SSSR count). The molecule has 17 heavy (non-hydrogen) atoms. The highest BCUT2D eigenvalue weighted by molar-refractivity contribution is 14.1. The largest absolute Gasteiger partial charge is 0.220 e. The molecule has 0 radical (unpaired) electrons. The van der Waals surface area contributed by atoms with Crippen molar-refractivity contribution in [3.8, 4) is 0 Å². The van der Waals surface area contributed by atoms with Crippen molar-refractivity contribution in [2.45, 2.75) is 13.3 Å². The second-order valence-corrected chi connectivity index (χ2v) is 5.43. The number of halogens is 3. The third-order valence-electron chi connectivity index (χ3n) is 2.43. The van der Waals surface area contributed by atoms with E-state index in [4.69, 9.17) is 23.2 Å². The van der Waals surface area contributed by atoms with Crippen LogP contribution in [0.1, 0.15) is 17.0 Å². The van der Waals surface area contributed by atoms with Crippen molar-refractivity contribution < 1.29 is 0 Å². The van der Waals surface area contributed by atoms with Crippen molar-refractivity contribution in [3.63, 3.8) is 0 Å². The standard InChI is InChI=1S/C12H9Cl2IN2/c1-7-4-2-3-5-8(7)6-9-16-11(13)10(15)12(14)17-9/h2-5H,6H2,1H3. The molecule has 0 amide bonds. The summed E-state index contributed by atoms with van der Waals surface area (Å²) in [5, 5.41) is 0.823. The molecule has 0 saturated heterocycles. The third-order valence-corrected chi connectivity index (χ3v) is 4.63. The SMILES string of the molecule is Cc1ccccc1Cc1nc(Cl)c(I)c(Cl)n1. The number of aryl methyl sites for hydroxylation is 1. The van der Waals surface area contributed by atoms with Gasteiger partial charge in [0.15, 0.2) is 0 Å². The number of hydrogen-bond donors (Lipinski definition) is 0. The Labute approximate surface area is 124 Å². The lowest BCUT2D eigenvalue weighted by Crippen LogP contribution is -2.00. The number of benzene rings is 1. The summed E-state index contributed by atoms with van der Waals surface area (Å²) in [6, 6.07) is 8.12. The summed E-state index contributed by atoms with van der Waals surface area (Å²) in [6.45, 7) is 2.06. The molecule has 0 aliphatic carbocycles. The van der Waals surface area contributed by atoms with Crippen LogP contribution < -0.4 is 0 Å². The molecule has 0 aliphatic heterocycles. The lowest BCUT2D eigenvalue weighted by Gasteiger charge is -2.06. The topological polar surface area (TPSA) is 25.8 Å². The van der Waals surface area contributed by atoms with E-state index in [0.29, 0.717) is 26.1 Å². The molecule has 0 N–H and O–H groups in total. The van der Waals surface area contributed by atoms with Gasteiger partial charge in [-0.3, -0.25) is 0 Å². The summed E-state index contributed by atoms with van der Waals surface area (Å²) >= 11 is 14.0. The van der Waals surface area contributed by atoms with Gasteiger partial charge in [0.1, 0.15) is 16.1 Å². The van der Waals surface area contributed by atoms with Gasteiger partial charge in [0.05, 0.1) is 3.57 Å². The van der Waals surface area contributed by atoms with Crippen molar-refractivity contribution >= 4 is 45.8 Å². The fraction of sp³-hybridized carbons (Fsp3) is 0.167. The van der Waals surface area contributed by atoms with E-state index in [-0.39, 0.29) is 0 Å². The van der Waals surface area contributed by atoms with Crippen molar-refractivity contribution in [1.29, 1.82) is 0 Å². The van der Waals surface area contributed by atoms with Crippen LogP contribution in [-0.2, 0) is 6.42 Å². The third kappa shape index (κ3) is 3.09. The van der Waals surface area contributed by atoms with E-state index in [9.17, 15) is 0 Å². The molecule has 1 aromatic heterocycles. The zero-order valence-electron chi connectivity index (χ0n) is 9.04. The fourth-order valence-corrected chi connectivity index (χ4v) is 2.16. The van der Waals surface area contributed by atoms with E-state index in [1.165, 1.54) is 11.1 Å². The van der Waals surface area contributed by atoms with Crippen LogP contribution in [0.4, 0.5) is 0 Å². The maximum atomic E-state index is 5.98. The Morgan fingerprint density at radius 3 is 2.29 bits per heavy atom. The van der Waals surface area contributed by atoms with Crippen LogP contribution in [0.2, 0.25) is 10.3 Å². The van der Waals surface area contributed by atoms with Crippen LogP contribution in [0.5, 0.6) is 0 Å². The lowest BCUT2D eigenvalue weighted by molar-refractivity contribution is 0.955. The first-order valence-corrected chi connectivity index (χ1v) is 6.83. The summed E-state index contributed by atoms with van der Waals surface area (Å²) in [5.74, 6) is 0.648. The summed E-state index contributed by atoms with van der Waals surface area (Å²) in [4.78, 5) is 8.46. The quantitative estimate of drug-likeness (QED) is 0.575. The monoisotopic (exact) mass is 378 g/mol. The molecule has 1 heterocycles. The molecular weight excluding hydrogens is 370 g/mol. The fourth-order valence-electron chi connectivity index (χ4n) is 1.49. The van der Waals surface area contributed by atoms with E-state index >= 15 is 0 Å². The van der Waals surface area contributed by atoms with Gasteiger partial charge in [0.25, 0.3) is 0 Å². The van der Waals surface area contributed by atoms with Crippen LogP contribution in [0.15, 0.2) is 24.3 Å². The molecule has 0 bridgehead atoms. The van der Waals surface area contributed by atoms with Crippen LogP contribution in [0.3, 0.4) is 0 Å². The van der Waals surface area contributed by atoms with E-state index < -0.39 is 0 Å². The minimum atomic E-state index is 0.411. The van der Waals surface area contributed by atoms with Gasteiger partial charge in [-0.05, 0) is 40.6 Å². The Kier molecular flexibility index (Phi) is 4.22. The van der Waals surface area contributed by atoms with Gasteiger partial charge in [0.2, 0.25) is 0 Å². The summed E-state index contributed by atoms with van der Waals surface area (Å²) in [5.41, 5.74) is 2.39. The summed E-state index contributed by atoms with van der Waals surface area (Å²) in [6.07, 6.45) is 0.642. The zero-order valence-corrected chi connectivity index (χ0v) is 12.7. The normalized spacial score (nSPS) is 10.6. The first-order chi connectivity index (χ1) is 8.08. The lowest BCUT2D eigenvalue weighted by atomic mass is 10.1. The van der Waals surface area contributed by atoms with E-state index in [2.05, 4.69) is 29.0 Å². The molecule has 0 unspecified atom stereocenters. The molecule has 0 atom stereocenters. The second kappa shape index (κ2) is 5.50. The maximum Gasteiger partial charge on any atom is 0.147 e. The van der Waals surface area contributed by atoms with Gasteiger partial charge in [-0.15, -0.1) is 0 Å². The van der Waals surface area contributed by atoms with Crippen LogP contribution in [-0.4, -0.2) is 9.97 Å². The highest BCUT2D eigenvalue weighted by Gasteiger charge is 2.09. The van der Waals surface area contributed by atoms with E-state index in [1.54, 1.807) is 0 Å². The molecule has 0 aliphatic rings. The van der Waals surface area contributed by atoms with Gasteiger partial charge in [-0.1, -0.05) is 47.5 Å². The summed E-state index contributed by atoms with van der Waals surface area (Å²) < 4.78 is 0.694. The van der Waals surface area contributed by atoms with Crippen molar-refractivity contribution in [2.24, 2.45) is 0 Å². The van der Waals surface area contributed by atoms with Crippen LogP contribution >= 0.6 is 45.8 Å². The number of nitrogens with zero attached hydrogens (tertiary/aromatic N) is 2. The Morgan fingerprint density at radius 2 is 1.71 bits per heavy atom. The van der Waals surface area contributed by atoms with Gasteiger partial charge in [0, 0.05) is 6.42 Å². The Morgan fingerprint density at radius 1 is 1.12 bits per heavy atom. The highest BCUT2D eigenvalue weighted by Crippen LogP contribution is 2.23. The Bertz CT molecular complexity index is 535. The molecule has 2 nitrogen and oxygen atoms in total. The smallest absolute Gasteiger partial charge is 0.147 e. The zero-order chi connectivity index (χ0) is 12.4. The second-order valence-electron chi connectivity index (χ2n) is 3.64. The Balaban J connectivity index is 2.34.